The van der Waals surface area contributed by atoms with Crippen LogP contribution in [0.1, 0.15) is 11.6 Å². The van der Waals surface area contributed by atoms with E-state index in [1.807, 2.05) is 0 Å². The molecule has 0 saturated heterocycles. The molecule has 0 aliphatic heterocycles. The number of aromatic nitrogens is 1. The van der Waals surface area contributed by atoms with Crippen molar-refractivity contribution in [3.63, 3.8) is 0 Å². The Morgan fingerprint density at radius 2 is 2.42 bits per heavy atom. The topological polar surface area (TPSA) is 76.2 Å². The van der Waals surface area contributed by atoms with Crippen molar-refractivity contribution < 1.29 is 9.90 Å². The molecule has 12 heavy (non-hydrogen) atoms. The first-order chi connectivity index (χ1) is 5.63. The zero-order valence-corrected chi connectivity index (χ0v) is 7.65. The van der Waals surface area contributed by atoms with Gasteiger partial charge in [0.2, 0.25) is 0 Å². The molecule has 0 aliphatic carbocycles. The van der Waals surface area contributed by atoms with Crippen LogP contribution in [0.3, 0.4) is 0 Å². The van der Waals surface area contributed by atoms with Gasteiger partial charge in [0.1, 0.15) is 6.04 Å². The van der Waals surface area contributed by atoms with Gasteiger partial charge < -0.3 is 10.8 Å². The van der Waals surface area contributed by atoms with Gasteiger partial charge in [-0.05, 0) is 27.6 Å². The van der Waals surface area contributed by atoms with Crippen molar-refractivity contribution in [2.24, 2.45) is 5.73 Å². The molecule has 1 heterocycles. The van der Waals surface area contributed by atoms with Crippen LogP contribution in [0.2, 0.25) is 0 Å². The lowest BCUT2D eigenvalue weighted by Crippen LogP contribution is -2.21. The molecular formula is C7H7BrN2O2. The first kappa shape index (κ1) is 9.15. The molecule has 0 amide bonds. The molecule has 1 rings (SSSR count). The Balaban J connectivity index is 3.02. The second kappa shape index (κ2) is 3.64. The van der Waals surface area contributed by atoms with Crippen LogP contribution >= 0.6 is 15.9 Å². The molecule has 1 aromatic rings. The molecule has 0 aliphatic rings. The van der Waals surface area contributed by atoms with E-state index < -0.39 is 12.0 Å². The van der Waals surface area contributed by atoms with Crippen molar-refractivity contribution in [2.45, 2.75) is 6.04 Å². The molecule has 0 radical (unpaired) electrons. The van der Waals surface area contributed by atoms with Crippen LogP contribution in [0.25, 0.3) is 0 Å². The highest BCUT2D eigenvalue weighted by Crippen LogP contribution is 2.20. The van der Waals surface area contributed by atoms with E-state index in [2.05, 4.69) is 20.9 Å². The number of aliphatic carboxylic acids is 1. The minimum atomic E-state index is -1.05. The minimum Gasteiger partial charge on any atom is -0.480 e. The summed E-state index contributed by atoms with van der Waals surface area (Å²) in [5.41, 5.74) is 5.91. The summed E-state index contributed by atoms with van der Waals surface area (Å²) in [6.07, 6.45) is 3.01. The Kier molecular flexibility index (Phi) is 2.78. The quantitative estimate of drug-likeness (QED) is 0.793. The van der Waals surface area contributed by atoms with E-state index >= 15 is 0 Å². The zero-order chi connectivity index (χ0) is 9.14. The number of rotatable bonds is 2. The third-order valence-corrected chi connectivity index (χ3v) is 2.07. The highest BCUT2D eigenvalue weighted by atomic mass is 79.9. The number of hydrogen-bond acceptors (Lipinski definition) is 3. The molecule has 1 atom stereocenters. The summed E-state index contributed by atoms with van der Waals surface area (Å²) in [6, 6.07) is 0.574. The Morgan fingerprint density at radius 1 is 1.75 bits per heavy atom. The number of nitrogens with two attached hydrogens (primary N) is 1. The zero-order valence-electron chi connectivity index (χ0n) is 6.07. The molecule has 4 nitrogen and oxygen atoms in total. The van der Waals surface area contributed by atoms with E-state index in [1.54, 1.807) is 6.07 Å². The van der Waals surface area contributed by atoms with Gasteiger partial charge in [-0.3, -0.25) is 9.78 Å². The van der Waals surface area contributed by atoms with E-state index in [0.717, 1.165) is 0 Å². The van der Waals surface area contributed by atoms with E-state index in [9.17, 15) is 4.79 Å². The van der Waals surface area contributed by atoms with Crippen LogP contribution in [-0.4, -0.2) is 16.1 Å². The van der Waals surface area contributed by atoms with Crippen molar-refractivity contribution in [2.75, 3.05) is 0 Å². The first-order valence-electron chi connectivity index (χ1n) is 3.20. The molecule has 0 saturated carbocycles. The summed E-state index contributed by atoms with van der Waals surface area (Å²) in [7, 11) is 0. The van der Waals surface area contributed by atoms with Gasteiger partial charge in [-0.2, -0.15) is 0 Å². The predicted molar refractivity (Wildman–Crippen MR) is 46.5 cm³/mol. The van der Waals surface area contributed by atoms with Crippen LogP contribution in [0.4, 0.5) is 0 Å². The van der Waals surface area contributed by atoms with Crippen LogP contribution in [0.15, 0.2) is 22.9 Å². The standard InChI is InChI=1S/C7H7BrN2O2/c8-5-3-10-2-1-4(5)6(9)7(11)12/h1-3,6H,9H2,(H,11,12). The summed E-state index contributed by atoms with van der Waals surface area (Å²) in [6.45, 7) is 0. The summed E-state index contributed by atoms with van der Waals surface area (Å²) >= 11 is 3.16. The van der Waals surface area contributed by atoms with Crippen LogP contribution in [0, 0.1) is 0 Å². The van der Waals surface area contributed by atoms with Crippen molar-refractivity contribution in [3.8, 4) is 0 Å². The number of hydrogen-bond donors (Lipinski definition) is 2. The second-order valence-corrected chi connectivity index (χ2v) is 3.07. The maximum atomic E-state index is 10.5. The Bertz CT molecular complexity index is 303. The molecule has 0 spiro atoms. The highest BCUT2D eigenvalue weighted by molar-refractivity contribution is 9.10. The Morgan fingerprint density at radius 3 is 2.92 bits per heavy atom. The van der Waals surface area contributed by atoms with Crippen molar-refractivity contribution in [1.82, 2.24) is 4.98 Å². The molecule has 3 N–H and O–H groups in total. The Labute approximate surface area is 77.5 Å². The van der Waals surface area contributed by atoms with E-state index in [1.165, 1.54) is 12.4 Å². The predicted octanol–water partition coefficient (Wildman–Crippen LogP) is 0.928. The summed E-state index contributed by atoms with van der Waals surface area (Å²) in [5, 5.41) is 8.59. The fourth-order valence-electron chi connectivity index (χ4n) is 0.771. The number of pyridine rings is 1. The monoisotopic (exact) mass is 230 g/mol. The second-order valence-electron chi connectivity index (χ2n) is 2.21. The normalized spacial score (nSPS) is 12.5. The number of halogens is 1. The van der Waals surface area contributed by atoms with Gasteiger partial charge in [0.05, 0.1) is 0 Å². The van der Waals surface area contributed by atoms with Gasteiger partial charge >= 0.3 is 5.97 Å². The number of nitrogens with zero attached hydrogens (tertiary/aromatic N) is 1. The lowest BCUT2D eigenvalue weighted by atomic mass is 10.1. The molecule has 1 unspecified atom stereocenters. The third-order valence-electron chi connectivity index (χ3n) is 1.40. The fourth-order valence-corrected chi connectivity index (χ4v) is 1.27. The van der Waals surface area contributed by atoms with Gasteiger partial charge in [0.15, 0.2) is 0 Å². The molecule has 5 heteroatoms. The van der Waals surface area contributed by atoms with Crippen LogP contribution in [-0.2, 0) is 4.79 Å². The maximum Gasteiger partial charge on any atom is 0.325 e. The van der Waals surface area contributed by atoms with Gasteiger partial charge in [0, 0.05) is 16.9 Å². The van der Waals surface area contributed by atoms with Gasteiger partial charge in [-0.15, -0.1) is 0 Å². The van der Waals surface area contributed by atoms with Gasteiger partial charge in [-0.25, -0.2) is 0 Å². The van der Waals surface area contributed by atoms with Gasteiger partial charge in [-0.1, -0.05) is 0 Å². The lowest BCUT2D eigenvalue weighted by molar-refractivity contribution is -0.138. The number of carboxylic acid groups (broad SMARTS) is 1. The van der Waals surface area contributed by atoms with Crippen molar-refractivity contribution in [3.05, 3.63) is 28.5 Å². The smallest absolute Gasteiger partial charge is 0.325 e. The van der Waals surface area contributed by atoms with Gasteiger partial charge in [0.25, 0.3) is 0 Å². The summed E-state index contributed by atoms with van der Waals surface area (Å²) in [5.74, 6) is -1.05. The van der Waals surface area contributed by atoms with Crippen molar-refractivity contribution >= 4 is 21.9 Å². The largest absolute Gasteiger partial charge is 0.480 e. The molecule has 0 aromatic carbocycles. The summed E-state index contributed by atoms with van der Waals surface area (Å²) < 4.78 is 0.611. The van der Waals surface area contributed by atoms with E-state index in [4.69, 9.17) is 10.8 Å². The van der Waals surface area contributed by atoms with Crippen LogP contribution in [0.5, 0.6) is 0 Å². The fraction of sp³-hybridized carbons (Fsp3) is 0.143. The van der Waals surface area contributed by atoms with E-state index in [-0.39, 0.29) is 0 Å². The average molecular weight is 231 g/mol. The molecule has 0 bridgehead atoms. The van der Waals surface area contributed by atoms with E-state index in [0.29, 0.717) is 10.0 Å². The summed E-state index contributed by atoms with van der Waals surface area (Å²) in [4.78, 5) is 14.3. The maximum absolute atomic E-state index is 10.5. The third kappa shape index (κ3) is 1.80. The number of carboxylic acids is 1. The highest BCUT2D eigenvalue weighted by Gasteiger charge is 2.16. The molecule has 64 valence electrons. The molecule has 1 aromatic heterocycles. The lowest BCUT2D eigenvalue weighted by Gasteiger charge is -2.07. The van der Waals surface area contributed by atoms with Crippen LogP contribution < -0.4 is 5.73 Å². The minimum absolute atomic E-state index is 0.525. The average Bonchev–Trinajstić information content (AvgIpc) is 2.04. The molecule has 0 fully saturated rings. The van der Waals surface area contributed by atoms with Crippen molar-refractivity contribution in [1.29, 1.82) is 0 Å². The Hall–Kier alpha value is -0.940. The number of carbonyl (C=O) groups is 1. The SMILES string of the molecule is NC(C(=O)O)c1ccncc1Br. The molecular weight excluding hydrogens is 224 g/mol. The first-order valence-corrected chi connectivity index (χ1v) is 4.00.